The highest BCUT2D eigenvalue weighted by molar-refractivity contribution is 8.14. The van der Waals surface area contributed by atoms with Gasteiger partial charge in [-0.2, -0.15) is 15.5 Å². The van der Waals surface area contributed by atoms with Crippen molar-refractivity contribution in [3.05, 3.63) is 46.8 Å². The number of aryl methyl sites for hydroxylation is 2. The zero-order valence-corrected chi connectivity index (χ0v) is 16.1. The van der Waals surface area contributed by atoms with Gasteiger partial charge in [0.1, 0.15) is 17.5 Å². The summed E-state index contributed by atoms with van der Waals surface area (Å²) in [6.45, 7) is 4.09. The first kappa shape index (κ1) is 17.3. The van der Waals surface area contributed by atoms with Crippen molar-refractivity contribution in [2.45, 2.75) is 18.7 Å². The maximum Gasteiger partial charge on any atom is 0.361 e. The summed E-state index contributed by atoms with van der Waals surface area (Å²) in [4.78, 5) is 30.2. The molecule has 0 fully saturated rings. The van der Waals surface area contributed by atoms with E-state index in [2.05, 4.69) is 27.9 Å². The Morgan fingerprint density at radius 1 is 1.26 bits per heavy atom. The second-order valence-electron chi connectivity index (χ2n) is 6.18. The van der Waals surface area contributed by atoms with Crippen molar-refractivity contribution in [2.75, 3.05) is 5.75 Å². The smallest absolute Gasteiger partial charge is 0.310 e. The molecule has 0 radical (unpaired) electrons. The van der Waals surface area contributed by atoms with E-state index in [0.717, 1.165) is 38.9 Å². The zero-order chi connectivity index (χ0) is 19.1. The lowest BCUT2D eigenvalue weighted by Crippen LogP contribution is -2.07. The van der Waals surface area contributed by atoms with Crippen LogP contribution in [0.25, 0.3) is 28.5 Å². The highest BCUT2D eigenvalue weighted by Crippen LogP contribution is 2.34. The molecule has 27 heavy (non-hydrogen) atoms. The number of nitrogens with one attached hydrogen (secondary N) is 1. The normalized spacial score (nSPS) is 12.6. The van der Waals surface area contributed by atoms with E-state index in [1.165, 1.54) is 11.0 Å². The number of fused-ring (bicyclic) bond motifs is 1. The molecule has 138 valence electrons. The van der Waals surface area contributed by atoms with E-state index in [-0.39, 0.29) is 10.5 Å². The molecule has 1 unspecified atom stereocenters. The molecule has 4 heterocycles. The number of H-pyrrole nitrogens is 1. The summed E-state index contributed by atoms with van der Waals surface area (Å²) in [7, 11) is 1.70. The summed E-state index contributed by atoms with van der Waals surface area (Å²) in [6, 6.07) is 5.85. The topological polar surface area (TPSA) is 94.3 Å². The fourth-order valence-electron chi connectivity index (χ4n) is 2.89. The monoisotopic (exact) mass is 381 g/mol. The molecule has 0 aliphatic rings. The number of hydrogen-bond donors (Lipinski definition) is 1. The molecule has 4 rings (SSSR count). The van der Waals surface area contributed by atoms with Gasteiger partial charge >= 0.3 is 5.69 Å². The van der Waals surface area contributed by atoms with Gasteiger partial charge in [0.2, 0.25) is 0 Å². The van der Waals surface area contributed by atoms with Crippen LogP contribution in [0, 0.1) is 6.92 Å². The molecule has 0 saturated heterocycles. The standard InChI is InChI=1S/C18H19N7OS/c1-5-27(4)13-6-7-14(25-10-20-18(26)23-25)22-15(13)17-21-12-8-11(2)9-19-16(12)24(17)3/h6-10H,4-5H2,1-3H3,(H,23,26). The molecule has 1 atom stereocenters. The van der Waals surface area contributed by atoms with E-state index >= 15 is 0 Å². The van der Waals surface area contributed by atoms with Crippen molar-refractivity contribution < 1.29 is 0 Å². The maximum atomic E-state index is 11.4. The van der Waals surface area contributed by atoms with Crippen LogP contribution >= 0.6 is 10.5 Å². The largest absolute Gasteiger partial charge is 0.361 e. The van der Waals surface area contributed by atoms with E-state index in [9.17, 15) is 4.79 Å². The number of nitrogens with zero attached hydrogens (tertiary/aromatic N) is 6. The van der Waals surface area contributed by atoms with E-state index in [4.69, 9.17) is 9.97 Å². The number of aromatic nitrogens is 7. The van der Waals surface area contributed by atoms with Crippen LogP contribution in [0.5, 0.6) is 0 Å². The third-order valence-corrected chi connectivity index (χ3v) is 5.96. The van der Waals surface area contributed by atoms with Gasteiger partial charge in [0.05, 0.1) is 0 Å². The molecule has 0 amide bonds. The predicted octanol–water partition coefficient (Wildman–Crippen LogP) is 2.29. The average molecular weight is 381 g/mol. The summed E-state index contributed by atoms with van der Waals surface area (Å²) in [5.74, 6) is 6.46. The minimum Gasteiger partial charge on any atom is -0.310 e. The molecule has 4 aromatic heterocycles. The minimum atomic E-state index is -0.421. The third-order valence-electron chi connectivity index (χ3n) is 4.31. The molecule has 1 N–H and O–H groups in total. The Morgan fingerprint density at radius 2 is 2.07 bits per heavy atom. The van der Waals surface area contributed by atoms with Crippen LogP contribution in [0.2, 0.25) is 0 Å². The predicted molar refractivity (Wildman–Crippen MR) is 108 cm³/mol. The van der Waals surface area contributed by atoms with Crippen molar-refractivity contribution in [2.24, 2.45) is 7.05 Å². The van der Waals surface area contributed by atoms with Gasteiger partial charge in [-0.1, -0.05) is 12.8 Å². The van der Waals surface area contributed by atoms with Gasteiger partial charge in [0, 0.05) is 18.1 Å². The number of hydrogen-bond acceptors (Lipinski definition) is 5. The lowest BCUT2D eigenvalue weighted by atomic mass is 10.3. The fraction of sp³-hybridized carbons (Fsp3) is 0.222. The van der Waals surface area contributed by atoms with Crippen LogP contribution in [-0.2, 0) is 7.05 Å². The second-order valence-corrected chi connectivity index (χ2v) is 8.18. The number of imidazole rings is 1. The van der Waals surface area contributed by atoms with E-state index < -0.39 is 5.69 Å². The second kappa shape index (κ2) is 6.58. The number of aromatic amines is 1. The molecule has 0 aromatic carbocycles. The van der Waals surface area contributed by atoms with Gasteiger partial charge in [0.25, 0.3) is 0 Å². The molecular weight excluding hydrogens is 362 g/mol. The van der Waals surface area contributed by atoms with Gasteiger partial charge in [-0.3, -0.25) is 0 Å². The maximum absolute atomic E-state index is 11.4. The van der Waals surface area contributed by atoms with Gasteiger partial charge in [-0.25, -0.2) is 29.5 Å². The molecule has 0 aliphatic carbocycles. The highest BCUT2D eigenvalue weighted by Gasteiger charge is 2.18. The molecule has 0 bridgehead atoms. The quantitative estimate of drug-likeness (QED) is 0.547. The Labute approximate surface area is 157 Å². The van der Waals surface area contributed by atoms with Crippen molar-refractivity contribution in [1.82, 2.24) is 34.3 Å². The summed E-state index contributed by atoms with van der Waals surface area (Å²) >= 11 is 0. The molecule has 0 spiro atoms. The van der Waals surface area contributed by atoms with Crippen molar-refractivity contribution in [1.29, 1.82) is 0 Å². The SMILES string of the molecule is C=S(CC)c1ccc(-n2cnc(=O)[nH]2)nc1-c1nc2cc(C)cnc2n1C. The van der Waals surface area contributed by atoms with Crippen molar-refractivity contribution >= 4 is 27.5 Å². The van der Waals surface area contributed by atoms with Gasteiger partial charge in [0.15, 0.2) is 17.3 Å². The zero-order valence-electron chi connectivity index (χ0n) is 15.3. The Bertz CT molecular complexity index is 1230. The molecule has 0 aliphatic heterocycles. The molecule has 0 saturated carbocycles. The highest BCUT2D eigenvalue weighted by atomic mass is 32.2. The Morgan fingerprint density at radius 3 is 2.78 bits per heavy atom. The molecular formula is C18H19N7OS. The van der Waals surface area contributed by atoms with Crippen LogP contribution < -0.4 is 5.69 Å². The van der Waals surface area contributed by atoms with Gasteiger partial charge in [-0.15, -0.1) is 0 Å². The third kappa shape index (κ3) is 2.99. The lowest BCUT2D eigenvalue weighted by Gasteiger charge is -2.13. The Balaban J connectivity index is 1.98. The fourth-order valence-corrected chi connectivity index (χ4v) is 3.88. The Hall–Kier alpha value is -3.07. The van der Waals surface area contributed by atoms with Crippen LogP contribution in [0.4, 0.5) is 0 Å². The minimum absolute atomic E-state index is 0.229. The molecule has 8 nitrogen and oxygen atoms in total. The van der Waals surface area contributed by atoms with E-state index in [1.807, 2.05) is 42.9 Å². The Kier molecular flexibility index (Phi) is 4.23. The van der Waals surface area contributed by atoms with Crippen LogP contribution in [0.1, 0.15) is 12.5 Å². The van der Waals surface area contributed by atoms with Crippen LogP contribution in [-0.4, -0.2) is 45.9 Å². The van der Waals surface area contributed by atoms with Gasteiger partial charge < -0.3 is 4.57 Å². The van der Waals surface area contributed by atoms with Gasteiger partial charge in [-0.05, 0) is 36.4 Å². The molecule has 9 heteroatoms. The van der Waals surface area contributed by atoms with E-state index in [0.29, 0.717) is 5.82 Å². The lowest BCUT2D eigenvalue weighted by molar-refractivity contribution is 0.826. The van der Waals surface area contributed by atoms with E-state index in [1.54, 1.807) is 0 Å². The first-order chi connectivity index (χ1) is 13.0. The molecule has 4 aromatic rings. The summed E-state index contributed by atoms with van der Waals surface area (Å²) < 4.78 is 3.43. The van der Waals surface area contributed by atoms with Crippen LogP contribution in [0.3, 0.4) is 0 Å². The van der Waals surface area contributed by atoms with Crippen molar-refractivity contribution in [3.8, 4) is 17.3 Å². The summed E-state index contributed by atoms with van der Waals surface area (Å²) in [5.41, 5.74) is 2.98. The summed E-state index contributed by atoms with van der Waals surface area (Å²) in [6.07, 6.45) is 3.24. The van der Waals surface area contributed by atoms with Crippen molar-refractivity contribution in [3.63, 3.8) is 0 Å². The average Bonchev–Trinajstić information content (AvgIpc) is 3.24. The number of rotatable bonds is 4. The first-order valence-corrected chi connectivity index (χ1v) is 9.99. The van der Waals surface area contributed by atoms with Crippen LogP contribution in [0.15, 0.2) is 40.4 Å². The number of pyridine rings is 2. The first-order valence-electron chi connectivity index (χ1n) is 8.43. The summed E-state index contributed by atoms with van der Waals surface area (Å²) in [5, 5.41) is 2.62.